The van der Waals surface area contributed by atoms with Crippen molar-refractivity contribution in [1.29, 1.82) is 0 Å². The van der Waals surface area contributed by atoms with Crippen LogP contribution in [0.4, 0.5) is 5.69 Å². The molecule has 17 heavy (non-hydrogen) atoms. The zero-order valence-corrected chi connectivity index (χ0v) is 9.40. The fraction of sp³-hybridized carbons (Fsp3) is 0.333. The van der Waals surface area contributed by atoms with Crippen LogP contribution in [0.15, 0.2) is 18.2 Å². The normalized spacial score (nSPS) is 17.8. The number of ether oxygens (including phenoxy) is 1. The molecule has 0 bridgehead atoms. The van der Waals surface area contributed by atoms with Crippen LogP contribution in [0.1, 0.15) is 12.5 Å². The highest BCUT2D eigenvalue weighted by Crippen LogP contribution is 2.34. The highest BCUT2D eigenvalue weighted by atomic mass is 16.5. The Morgan fingerprint density at radius 2 is 2.24 bits per heavy atom. The van der Waals surface area contributed by atoms with Gasteiger partial charge in [-0.15, -0.1) is 0 Å². The van der Waals surface area contributed by atoms with Gasteiger partial charge in [-0.1, -0.05) is 12.1 Å². The second kappa shape index (κ2) is 4.45. The zero-order valence-electron chi connectivity index (χ0n) is 9.40. The molecule has 1 unspecified atom stereocenters. The molecule has 0 aromatic heterocycles. The summed E-state index contributed by atoms with van der Waals surface area (Å²) in [5, 5.41) is 11.6. The Labute approximate surface area is 98.4 Å². The largest absolute Gasteiger partial charge is 0.490 e. The van der Waals surface area contributed by atoms with E-state index in [4.69, 9.17) is 9.84 Å². The van der Waals surface area contributed by atoms with Crippen LogP contribution in [-0.4, -0.2) is 23.6 Å². The van der Waals surface area contributed by atoms with Crippen molar-refractivity contribution in [2.24, 2.45) is 5.92 Å². The number of nitrogens with one attached hydrogen (secondary N) is 1. The van der Waals surface area contributed by atoms with E-state index in [1.165, 1.54) is 6.92 Å². The van der Waals surface area contributed by atoms with Gasteiger partial charge in [-0.3, -0.25) is 9.59 Å². The Hall–Kier alpha value is -2.04. The van der Waals surface area contributed by atoms with Crippen LogP contribution in [0.5, 0.6) is 5.75 Å². The van der Waals surface area contributed by atoms with E-state index in [2.05, 4.69) is 5.32 Å². The number of rotatable bonds is 2. The standard InChI is InChI=1S/C12H13NO4/c1-7(14)13-10-4-2-3-8-5-9(12(15)16)6-17-11(8)10/h2-4,9H,5-6H2,1H3,(H,13,14)(H,15,16). The van der Waals surface area contributed by atoms with Crippen molar-refractivity contribution in [2.45, 2.75) is 13.3 Å². The molecule has 0 radical (unpaired) electrons. The summed E-state index contributed by atoms with van der Waals surface area (Å²) >= 11 is 0. The lowest BCUT2D eigenvalue weighted by Gasteiger charge is -2.24. The summed E-state index contributed by atoms with van der Waals surface area (Å²) in [5.74, 6) is -0.974. The van der Waals surface area contributed by atoms with E-state index in [0.29, 0.717) is 17.9 Å². The average molecular weight is 235 g/mol. The number of carbonyl (C=O) groups excluding carboxylic acids is 1. The molecule has 0 saturated carbocycles. The first-order valence-electron chi connectivity index (χ1n) is 5.33. The lowest BCUT2D eigenvalue weighted by molar-refractivity contribution is -0.143. The summed E-state index contributed by atoms with van der Waals surface area (Å²) in [6, 6.07) is 5.33. The molecule has 0 saturated heterocycles. The van der Waals surface area contributed by atoms with Crippen molar-refractivity contribution in [2.75, 3.05) is 11.9 Å². The van der Waals surface area contributed by atoms with Gasteiger partial charge in [-0.05, 0) is 18.1 Å². The maximum absolute atomic E-state index is 11.0. The molecule has 1 amide bonds. The first-order chi connectivity index (χ1) is 8.08. The summed E-state index contributed by atoms with van der Waals surface area (Å²) in [4.78, 5) is 21.9. The molecule has 90 valence electrons. The average Bonchev–Trinajstić information content (AvgIpc) is 2.28. The number of benzene rings is 1. The number of carboxylic acids is 1. The van der Waals surface area contributed by atoms with Gasteiger partial charge in [0.1, 0.15) is 12.4 Å². The van der Waals surface area contributed by atoms with Gasteiger partial charge >= 0.3 is 5.97 Å². The van der Waals surface area contributed by atoms with E-state index in [1.807, 2.05) is 6.07 Å². The molecule has 1 aromatic carbocycles. The van der Waals surface area contributed by atoms with Crippen molar-refractivity contribution in [3.8, 4) is 5.75 Å². The van der Waals surface area contributed by atoms with Crippen LogP contribution in [0.2, 0.25) is 0 Å². The van der Waals surface area contributed by atoms with Gasteiger partial charge in [0, 0.05) is 6.92 Å². The van der Waals surface area contributed by atoms with E-state index in [-0.39, 0.29) is 12.5 Å². The third kappa shape index (κ3) is 2.38. The fourth-order valence-electron chi connectivity index (χ4n) is 1.87. The third-order valence-corrected chi connectivity index (χ3v) is 2.65. The number of hydrogen-bond acceptors (Lipinski definition) is 3. The summed E-state index contributed by atoms with van der Waals surface area (Å²) in [6.07, 6.45) is 0.429. The van der Waals surface area contributed by atoms with Gasteiger partial charge in [0.2, 0.25) is 5.91 Å². The Kier molecular flexibility index (Phi) is 2.99. The Bertz CT molecular complexity index is 470. The summed E-state index contributed by atoms with van der Waals surface area (Å²) < 4.78 is 5.43. The second-order valence-corrected chi connectivity index (χ2v) is 4.03. The summed E-state index contributed by atoms with van der Waals surface area (Å²) in [6.45, 7) is 1.56. The molecule has 0 fully saturated rings. The van der Waals surface area contributed by atoms with Gasteiger partial charge in [-0.25, -0.2) is 0 Å². The molecule has 5 heteroatoms. The van der Waals surface area contributed by atoms with Crippen LogP contribution >= 0.6 is 0 Å². The predicted molar refractivity (Wildman–Crippen MR) is 61.1 cm³/mol. The second-order valence-electron chi connectivity index (χ2n) is 4.03. The van der Waals surface area contributed by atoms with Crippen LogP contribution in [0, 0.1) is 5.92 Å². The van der Waals surface area contributed by atoms with Crippen molar-refractivity contribution >= 4 is 17.6 Å². The van der Waals surface area contributed by atoms with E-state index in [1.54, 1.807) is 12.1 Å². The highest BCUT2D eigenvalue weighted by molar-refractivity contribution is 5.90. The highest BCUT2D eigenvalue weighted by Gasteiger charge is 2.27. The van der Waals surface area contributed by atoms with Gasteiger partial charge in [0.15, 0.2) is 0 Å². The van der Waals surface area contributed by atoms with Crippen LogP contribution < -0.4 is 10.1 Å². The van der Waals surface area contributed by atoms with Gasteiger partial charge in [0.05, 0.1) is 11.6 Å². The first kappa shape index (κ1) is 11.4. The van der Waals surface area contributed by atoms with Crippen LogP contribution in [-0.2, 0) is 16.0 Å². The van der Waals surface area contributed by atoms with E-state index in [9.17, 15) is 9.59 Å². The SMILES string of the molecule is CC(=O)Nc1cccc2c1OCC(C(=O)O)C2. The molecular formula is C12H13NO4. The Balaban J connectivity index is 2.29. The number of aliphatic carboxylic acids is 1. The lowest BCUT2D eigenvalue weighted by Crippen LogP contribution is -2.28. The molecule has 2 rings (SSSR count). The molecule has 0 spiro atoms. The van der Waals surface area contributed by atoms with Gasteiger partial charge in [0.25, 0.3) is 0 Å². The minimum absolute atomic E-state index is 0.138. The molecule has 1 aromatic rings. The topological polar surface area (TPSA) is 75.6 Å². The van der Waals surface area contributed by atoms with Gasteiger partial charge in [-0.2, -0.15) is 0 Å². The number of amides is 1. The minimum atomic E-state index is -0.861. The smallest absolute Gasteiger partial charge is 0.310 e. The van der Waals surface area contributed by atoms with Crippen LogP contribution in [0.3, 0.4) is 0 Å². The number of hydrogen-bond donors (Lipinski definition) is 2. The Morgan fingerprint density at radius 3 is 2.88 bits per heavy atom. The maximum atomic E-state index is 11.0. The number of anilines is 1. The summed E-state index contributed by atoms with van der Waals surface area (Å²) in [5.41, 5.74) is 1.41. The molecule has 1 aliphatic heterocycles. The number of carbonyl (C=O) groups is 2. The van der Waals surface area contributed by atoms with E-state index < -0.39 is 11.9 Å². The van der Waals surface area contributed by atoms with Crippen molar-refractivity contribution in [1.82, 2.24) is 0 Å². The first-order valence-corrected chi connectivity index (χ1v) is 5.33. The molecule has 5 nitrogen and oxygen atoms in total. The monoisotopic (exact) mass is 235 g/mol. The van der Waals surface area contributed by atoms with Crippen molar-refractivity contribution in [3.05, 3.63) is 23.8 Å². The number of fused-ring (bicyclic) bond motifs is 1. The molecular weight excluding hydrogens is 222 g/mol. The van der Waals surface area contributed by atoms with E-state index in [0.717, 1.165) is 5.56 Å². The molecule has 1 aliphatic rings. The zero-order chi connectivity index (χ0) is 12.4. The van der Waals surface area contributed by atoms with Crippen LogP contribution in [0.25, 0.3) is 0 Å². The minimum Gasteiger partial charge on any atom is -0.490 e. The quantitative estimate of drug-likeness (QED) is 0.809. The molecule has 1 heterocycles. The molecule has 1 atom stereocenters. The van der Waals surface area contributed by atoms with Crippen molar-refractivity contribution < 1.29 is 19.4 Å². The predicted octanol–water partition coefficient (Wildman–Crippen LogP) is 1.28. The fourth-order valence-corrected chi connectivity index (χ4v) is 1.87. The van der Waals surface area contributed by atoms with Crippen molar-refractivity contribution in [3.63, 3.8) is 0 Å². The molecule has 0 aliphatic carbocycles. The number of para-hydroxylation sites is 1. The maximum Gasteiger partial charge on any atom is 0.310 e. The molecule has 2 N–H and O–H groups in total. The summed E-state index contributed by atoms with van der Waals surface area (Å²) in [7, 11) is 0. The van der Waals surface area contributed by atoms with E-state index >= 15 is 0 Å². The number of carboxylic acid groups (broad SMARTS) is 1. The lowest BCUT2D eigenvalue weighted by atomic mass is 9.96. The third-order valence-electron chi connectivity index (χ3n) is 2.65. The van der Waals surface area contributed by atoms with Gasteiger partial charge < -0.3 is 15.2 Å². The Morgan fingerprint density at radius 1 is 1.47 bits per heavy atom.